The molecule has 1 aromatic heterocycles. The third kappa shape index (κ3) is 2.98. The minimum Gasteiger partial charge on any atom is -0.481 e. The van der Waals surface area contributed by atoms with Crippen LogP contribution in [0, 0.1) is 3.57 Å². The van der Waals surface area contributed by atoms with Gasteiger partial charge in [0.15, 0.2) is 0 Å². The first-order valence-corrected chi connectivity index (χ1v) is 4.91. The fourth-order valence-corrected chi connectivity index (χ4v) is 1.56. The van der Waals surface area contributed by atoms with Crippen LogP contribution in [-0.2, 0) is 11.2 Å². The Morgan fingerprint density at radius 2 is 2.20 bits per heavy atom. The number of carboxylic acid groups (broad SMARTS) is 1. The predicted octanol–water partition coefficient (Wildman–Crippen LogP) is 1.54. The molecule has 1 aromatic rings. The number of hydrogen-bond donors (Lipinski definition) is 2. The van der Waals surface area contributed by atoms with Crippen molar-refractivity contribution in [1.29, 1.82) is 0 Å². The van der Waals surface area contributed by atoms with Crippen LogP contribution in [0.1, 0.15) is 17.7 Å². The molecule has 0 bridgehead atoms. The summed E-state index contributed by atoms with van der Waals surface area (Å²) < 4.78 is 24.7. The highest BCUT2D eigenvalue weighted by atomic mass is 127. The molecule has 0 aliphatic rings. The fourth-order valence-electron chi connectivity index (χ4n) is 1.04. The SMILES string of the molecule is O=C(O)Cc1cc(C(F)F)c(I)c(=O)[nH]1. The number of aromatic amines is 1. The van der Waals surface area contributed by atoms with E-state index >= 15 is 0 Å². The first-order chi connectivity index (χ1) is 6.91. The van der Waals surface area contributed by atoms with Crippen LogP contribution in [0.5, 0.6) is 0 Å². The number of rotatable bonds is 3. The number of halogens is 3. The van der Waals surface area contributed by atoms with Gasteiger partial charge in [0.1, 0.15) is 0 Å². The van der Waals surface area contributed by atoms with E-state index in [2.05, 4.69) is 4.98 Å². The number of H-pyrrole nitrogens is 1. The molecule has 1 rings (SSSR count). The van der Waals surface area contributed by atoms with Crippen LogP contribution in [-0.4, -0.2) is 16.1 Å². The van der Waals surface area contributed by atoms with Crippen molar-refractivity contribution in [3.8, 4) is 0 Å². The van der Waals surface area contributed by atoms with Crippen LogP contribution in [0.3, 0.4) is 0 Å². The van der Waals surface area contributed by atoms with Gasteiger partial charge in [0.05, 0.1) is 9.99 Å². The van der Waals surface area contributed by atoms with E-state index in [1.807, 2.05) is 0 Å². The van der Waals surface area contributed by atoms with Gasteiger partial charge in [-0.05, 0) is 28.7 Å². The second-order valence-electron chi connectivity index (χ2n) is 2.76. The van der Waals surface area contributed by atoms with Crippen molar-refractivity contribution in [3.63, 3.8) is 0 Å². The number of carboxylic acids is 1. The summed E-state index contributed by atoms with van der Waals surface area (Å²) >= 11 is 1.50. The fraction of sp³-hybridized carbons (Fsp3) is 0.250. The number of carbonyl (C=O) groups is 1. The Hall–Kier alpha value is -0.990. The van der Waals surface area contributed by atoms with Crippen molar-refractivity contribution in [2.24, 2.45) is 0 Å². The number of nitrogens with one attached hydrogen (secondary N) is 1. The summed E-state index contributed by atoms with van der Waals surface area (Å²) in [6.45, 7) is 0. The zero-order chi connectivity index (χ0) is 11.6. The van der Waals surface area contributed by atoms with Gasteiger partial charge in [-0.25, -0.2) is 8.78 Å². The van der Waals surface area contributed by atoms with Gasteiger partial charge in [-0.2, -0.15) is 0 Å². The summed E-state index contributed by atoms with van der Waals surface area (Å²) in [5.41, 5.74) is -1.15. The molecule has 0 atom stereocenters. The maximum absolute atomic E-state index is 12.4. The van der Waals surface area contributed by atoms with E-state index in [1.165, 1.54) is 22.6 Å². The van der Waals surface area contributed by atoms with Gasteiger partial charge < -0.3 is 10.1 Å². The van der Waals surface area contributed by atoms with E-state index in [-0.39, 0.29) is 9.26 Å². The first kappa shape index (κ1) is 12.1. The summed E-state index contributed by atoms with van der Waals surface area (Å²) in [5, 5.41) is 8.45. The normalized spacial score (nSPS) is 10.7. The van der Waals surface area contributed by atoms with Gasteiger partial charge in [-0.3, -0.25) is 9.59 Å². The van der Waals surface area contributed by atoms with E-state index in [4.69, 9.17) is 5.11 Å². The summed E-state index contributed by atoms with van der Waals surface area (Å²) in [6.07, 6.45) is -3.27. The van der Waals surface area contributed by atoms with Gasteiger partial charge in [0, 0.05) is 11.3 Å². The number of aromatic nitrogens is 1. The van der Waals surface area contributed by atoms with Crippen molar-refractivity contribution >= 4 is 28.6 Å². The van der Waals surface area contributed by atoms with E-state index < -0.39 is 29.9 Å². The second kappa shape index (κ2) is 4.69. The van der Waals surface area contributed by atoms with E-state index in [0.29, 0.717) is 0 Å². The van der Waals surface area contributed by atoms with Crippen LogP contribution in [0.15, 0.2) is 10.9 Å². The Morgan fingerprint density at radius 1 is 1.60 bits per heavy atom. The Kier molecular flexibility index (Phi) is 3.77. The molecule has 0 radical (unpaired) electrons. The minimum absolute atomic E-state index is 0.0248. The lowest BCUT2D eigenvalue weighted by Gasteiger charge is -2.04. The van der Waals surface area contributed by atoms with Crippen molar-refractivity contribution in [3.05, 3.63) is 31.2 Å². The lowest BCUT2D eigenvalue weighted by atomic mass is 10.2. The molecule has 82 valence electrons. The summed E-state index contributed by atoms with van der Waals surface area (Å²) in [6, 6.07) is 1.00. The lowest BCUT2D eigenvalue weighted by molar-refractivity contribution is -0.136. The molecule has 0 spiro atoms. The van der Waals surface area contributed by atoms with Gasteiger partial charge in [0.2, 0.25) is 0 Å². The van der Waals surface area contributed by atoms with Gasteiger partial charge in [-0.15, -0.1) is 0 Å². The van der Waals surface area contributed by atoms with Gasteiger partial charge >= 0.3 is 5.97 Å². The van der Waals surface area contributed by atoms with E-state index in [1.54, 1.807) is 0 Å². The standard InChI is InChI=1S/C8H6F2INO3/c9-7(10)4-1-3(2-5(13)14)12-8(15)6(4)11/h1,7H,2H2,(H,12,15)(H,13,14). The van der Waals surface area contributed by atoms with E-state index in [0.717, 1.165) is 6.07 Å². The average molecular weight is 329 g/mol. The summed E-state index contributed by atoms with van der Waals surface area (Å²) in [4.78, 5) is 23.7. The molecular weight excluding hydrogens is 323 g/mol. The quantitative estimate of drug-likeness (QED) is 0.827. The van der Waals surface area contributed by atoms with Crippen LogP contribution < -0.4 is 5.56 Å². The summed E-state index contributed by atoms with van der Waals surface area (Å²) in [5.74, 6) is -1.19. The van der Waals surface area contributed by atoms with Crippen molar-refractivity contribution < 1.29 is 18.7 Å². The summed E-state index contributed by atoms with van der Waals surface area (Å²) in [7, 11) is 0. The maximum atomic E-state index is 12.4. The monoisotopic (exact) mass is 329 g/mol. The zero-order valence-electron chi connectivity index (χ0n) is 7.26. The van der Waals surface area contributed by atoms with E-state index in [9.17, 15) is 18.4 Å². The molecule has 15 heavy (non-hydrogen) atoms. The Labute approximate surface area is 96.5 Å². The van der Waals surface area contributed by atoms with Gasteiger partial charge in [0.25, 0.3) is 12.0 Å². The van der Waals surface area contributed by atoms with Crippen LogP contribution in [0.4, 0.5) is 8.78 Å². The molecular formula is C8H6F2INO3. The Morgan fingerprint density at radius 3 is 2.67 bits per heavy atom. The lowest BCUT2D eigenvalue weighted by Crippen LogP contribution is -2.17. The first-order valence-electron chi connectivity index (χ1n) is 3.83. The maximum Gasteiger partial charge on any atom is 0.309 e. The zero-order valence-corrected chi connectivity index (χ0v) is 9.42. The van der Waals surface area contributed by atoms with Crippen molar-refractivity contribution in [2.45, 2.75) is 12.8 Å². The predicted molar refractivity (Wildman–Crippen MR) is 56.1 cm³/mol. The Balaban J connectivity index is 3.23. The third-order valence-electron chi connectivity index (χ3n) is 1.63. The number of pyridine rings is 1. The third-order valence-corrected chi connectivity index (χ3v) is 2.75. The van der Waals surface area contributed by atoms with Crippen LogP contribution >= 0.6 is 22.6 Å². The highest BCUT2D eigenvalue weighted by molar-refractivity contribution is 14.1. The topological polar surface area (TPSA) is 70.2 Å². The Bertz CT molecular complexity index is 444. The largest absolute Gasteiger partial charge is 0.481 e. The van der Waals surface area contributed by atoms with Gasteiger partial charge in [-0.1, -0.05) is 0 Å². The van der Waals surface area contributed by atoms with Crippen LogP contribution in [0.2, 0.25) is 0 Å². The molecule has 0 unspecified atom stereocenters. The van der Waals surface area contributed by atoms with Crippen LogP contribution in [0.25, 0.3) is 0 Å². The molecule has 1 heterocycles. The molecule has 0 aliphatic carbocycles. The number of alkyl halides is 2. The molecule has 0 aromatic carbocycles. The molecule has 0 aliphatic heterocycles. The molecule has 0 fully saturated rings. The molecule has 7 heteroatoms. The number of aliphatic carboxylic acids is 1. The second-order valence-corrected chi connectivity index (χ2v) is 3.84. The molecule has 0 saturated heterocycles. The van der Waals surface area contributed by atoms with Crippen molar-refractivity contribution in [1.82, 2.24) is 4.98 Å². The average Bonchev–Trinajstić information content (AvgIpc) is 2.09. The highest BCUT2D eigenvalue weighted by Gasteiger charge is 2.16. The number of hydrogen-bond acceptors (Lipinski definition) is 2. The molecule has 0 amide bonds. The molecule has 4 nitrogen and oxygen atoms in total. The smallest absolute Gasteiger partial charge is 0.309 e. The minimum atomic E-state index is -2.79. The molecule has 2 N–H and O–H groups in total. The van der Waals surface area contributed by atoms with Crippen molar-refractivity contribution in [2.75, 3.05) is 0 Å². The highest BCUT2D eigenvalue weighted by Crippen LogP contribution is 2.22. The molecule has 0 saturated carbocycles.